The zero-order valence-electron chi connectivity index (χ0n) is 3.43. The molecule has 0 aliphatic heterocycles. The molecule has 3 nitrogen and oxygen atoms in total. The van der Waals surface area contributed by atoms with Gasteiger partial charge in [0, 0.05) is 22.4 Å². The summed E-state index contributed by atoms with van der Waals surface area (Å²) in [5.41, 5.74) is 0. The SMILES string of the molecule is Cl.Cl.Cl.Cl.O.O.O.[Au]. The molecule has 0 unspecified atom stereocenters. The molecule has 67 valence electrons. The molecule has 8 heteroatoms. The fourth-order valence-electron chi connectivity index (χ4n) is 0. The Morgan fingerprint density at radius 2 is 0.375 bits per heavy atom. The second-order valence-electron chi connectivity index (χ2n) is 0. The summed E-state index contributed by atoms with van der Waals surface area (Å²) in [6.07, 6.45) is 0. The molecule has 0 saturated carbocycles. The van der Waals surface area contributed by atoms with Crippen molar-refractivity contribution in [2.45, 2.75) is 0 Å². The maximum Gasteiger partial charge on any atom is 0 e. The van der Waals surface area contributed by atoms with Gasteiger partial charge in [-0.1, -0.05) is 0 Å². The van der Waals surface area contributed by atoms with Gasteiger partial charge in [0.25, 0.3) is 0 Å². The Morgan fingerprint density at radius 1 is 0.375 bits per heavy atom. The summed E-state index contributed by atoms with van der Waals surface area (Å²) in [5, 5.41) is 0. The summed E-state index contributed by atoms with van der Waals surface area (Å²) in [4.78, 5) is 0. The average Bonchev–Trinajstić information content (AvgIpc) is 0. The number of hydrogen-bond donors (Lipinski definition) is 0. The van der Waals surface area contributed by atoms with Gasteiger partial charge in [-0.15, -0.1) is 49.6 Å². The van der Waals surface area contributed by atoms with Crippen LogP contribution in [0.5, 0.6) is 0 Å². The maximum absolute atomic E-state index is 0. The summed E-state index contributed by atoms with van der Waals surface area (Å²) in [6, 6.07) is 0. The Labute approximate surface area is 88.1 Å². The van der Waals surface area contributed by atoms with Crippen molar-refractivity contribution in [1.82, 2.24) is 0 Å². The van der Waals surface area contributed by atoms with E-state index in [2.05, 4.69) is 0 Å². The Kier molecular flexibility index (Phi) is 4990. The molecule has 6 N–H and O–H groups in total. The summed E-state index contributed by atoms with van der Waals surface area (Å²) < 4.78 is 0. The monoisotopic (exact) mass is 395 g/mol. The van der Waals surface area contributed by atoms with Gasteiger partial charge in [-0.2, -0.15) is 0 Å². The standard InChI is InChI=1S/Au.4ClH.3H2O/h;4*1H;3*1H2. The van der Waals surface area contributed by atoms with Crippen LogP contribution in [0.2, 0.25) is 0 Å². The van der Waals surface area contributed by atoms with Crippen molar-refractivity contribution < 1.29 is 38.8 Å². The van der Waals surface area contributed by atoms with Crippen LogP contribution in [-0.4, -0.2) is 16.4 Å². The molecule has 0 fully saturated rings. The fourth-order valence-corrected chi connectivity index (χ4v) is 0. The van der Waals surface area contributed by atoms with Crippen LogP contribution in [-0.2, 0) is 22.4 Å². The molecule has 0 atom stereocenters. The van der Waals surface area contributed by atoms with E-state index in [1.54, 1.807) is 0 Å². The zero-order chi connectivity index (χ0) is 0. The van der Waals surface area contributed by atoms with Crippen LogP contribution in [0, 0.1) is 0 Å². The minimum absolute atomic E-state index is 0. The largest absolute Gasteiger partial charge is 0.412 e. The van der Waals surface area contributed by atoms with Crippen molar-refractivity contribution in [3.8, 4) is 0 Å². The topological polar surface area (TPSA) is 94.5 Å². The molecule has 0 spiro atoms. The van der Waals surface area contributed by atoms with Crippen LogP contribution in [0.1, 0.15) is 0 Å². The van der Waals surface area contributed by atoms with E-state index < -0.39 is 0 Å². The maximum atomic E-state index is 0. The van der Waals surface area contributed by atoms with Crippen LogP contribution in [0.3, 0.4) is 0 Å². The number of rotatable bonds is 0. The number of halogens is 4. The first-order valence-corrected chi connectivity index (χ1v) is 0. The molecule has 0 amide bonds. The van der Waals surface area contributed by atoms with E-state index in [-0.39, 0.29) is 88.4 Å². The fraction of sp³-hybridized carbons (Fsp3) is 0. The molecule has 0 aromatic carbocycles. The van der Waals surface area contributed by atoms with E-state index in [1.165, 1.54) is 0 Å². The van der Waals surface area contributed by atoms with Gasteiger partial charge in [0.2, 0.25) is 0 Å². The van der Waals surface area contributed by atoms with E-state index >= 15 is 0 Å². The van der Waals surface area contributed by atoms with E-state index in [9.17, 15) is 0 Å². The third-order valence-corrected chi connectivity index (χ3v) is 0. The van der Waals surface area contributed by atoms with Crippen molar-refractivity contribution in [2.24, 2.45) is 0 Å². The second kappa shape index (κ2) is 168. The molecular weight excluding hydrogens is 387 g/mol. The molecule has 0 aromatic heterocycles. The van der Waals surface area contributed by atoms with Crippen LogP contribution >= 0.6 is 49.6 Å². The Hall–Kier alpha value is 1.78. The van der Waals surface area contributed by atoms with Gasteiger partial charge < -0.3 is 16.4 Å². The molecule has 0 aliphatic rings. The minimum atomic E-state index is 0. The van der Waals surface area contributed by atoms with E-state index in [4.69, 9.17) is 0 Å². The van der Waals surface area contributed by atoms with Crippen molar-refractivity contribution in [3.05, 3.63) is 0 Å². The molecular formula is H10AuCl4O3. The Morgan fingerprint density at radius 3 is 0.375 bits per heavy atom. The van der Waals surface area contributed by atoms with Crippen LogP contribution in [0.4, 0.5) is 0 Å². The zero-order valence-corrected chi connectivity index (χ0v) is 8.87. The van der Waals surface area contributed by atoms with Gasteiger partial charge in [0.05, 0.1) is 0 Å². The Balaban J connectivity index is 0. The first-order valence-electron chi connectivity index (χ1n) is 0. The van der Waals surface area contributed by atoms with Gasteiger partial charge in [-0.05, 0) is 0 Å². The first kappa shape index (κ1) is 238. The van der Waals surface area contributed by atoms with Crippen molar-refractivity contribution in [3.63, 3.8) is 0 Å². The minimum Gasteiger partial charge on any atom is -0.412 e. The summed E-state index contributed by atoms with van der Waals surface area (Å²) in [5.74, 6) is 0. The summed E-state index contributed by atoms with van der Waals surface area (Å²) >= 11 is 0. The van der Waals surface area contributed by atoms with Gasteiger partial charge in [-0.3, -0.25) is 0 Å². The van der Waals surface area contributed by atoms with Crippen LogP contribution in [0.15, 0.2) is 0 Å². The van der Waals surface area contributed by atoms with Gasteiger partial charge >= 0.3 is 0 Å². The molecule has 0 saturated heterocycles. The average molecular weight is 397 g/mol. The van der Waals surface area contributed by atoms with E-state index in [0.717, 1.165) is 0 Å². The smallest absolute Gasteiger partial charge is 0 e. The molecule has 0 heterocycles. The third-order valence-electron chi connectivity index (χ3n) is 0. The number of hydrogen-bond acceptors (Lipinski definition) is 0. The quantitative estimate of drug-likeness (QED) is 0.480. The molecule has 8 heavy (non-hydrogen) atoms. The first-order chi connectivity index (χ1) is 0. The predicted octanol–water partition coefficient (Wildman–Crippen LogP) is -0.789. The van der Waals surface area contributed by atoms with Crippen molar-refractivity contribution in [2.75, 3.05) is 0 Å². The molecule has 0 rings (SSSR count). The van der Waals surface area contributed by atoms with Crippen LogP contribution < -0.4 is 0 Å². The van der Waals surface area contributed by atoms with E-state index in [1.807, 2.05) is 0 Å². The predicted molar refractivity (Wildman–Crippen MR) is 39.8 cm³/mol. The van der Waals surface area contributed by atoms with Gasteiger partial charge in [0.1, 0.15) is 0 Å². The van der Waals surface area contributed by atoms with Crippen molar-refractivity contribution >= 4 is 49.6 Å². The second-order valence-corrected chi connectivity index (χ2v) is 0. The molecule has 0 bridgehead atoms. The summed E-state index contributed by atoms with van der Waals surface area (Å²) in [6.45, 7) is 0. The van der Waals surface area contributed by atoms with Crippen LogP contribution in [0.25, 0.3) is 0 Å². The van der Waals surface area contributed by atoms with Crippen molar-refractivity contribution in [1.29, 1.82) is 0 Å². The molecule has 0 aromatic rings. The van der Waals surface area contributed by atoms with Gasteiger partial charge in [-0.25, -0.2) is 0 Å². The third kappa shape index (κ3) is 113. The van der Waals surface area contributed by atoms with E-state index in [0.29, 0.717) is 0 Å². The van der Waals surface area contributed by atoms with Gasteiger partial charge in [0.15, 0.2) is 0 Å². The normalized spacial score (nSPS) is 0. The molecule has 1 radical (unpaired) electrons. The Bertz CT molecular complexity index is 11.2. The molecule has 0 aliphatic carbocycles. The summed E-state index contributed by atoms with van der Waals surface area (Å²) in [7, 11) is 0.